The molecule has 1 aromatic carbocycles. The highest BCUT2D eigenvalue weighted by molar-refractivity contribution is 7.92. The van der Waals surface area contributed by atoms with Crippen LogP contribution in [0.15, 0.2) is 41.4 Å². The Morgan fingerprint density at radius 3 is 2.60 bits per heavy atom. The highest BCUT2D eigenvalue weighted by Crippen LogP contribution is 2.20. The van der Waals surface area contributed by atoms with E-state index in [4.69, 9.17) is 4.74 Å². The Kier molecular flexibility index (Phi) is 3.89. The second-order valence-corrected chi connectivity index (χ2v) is 5.76. The number of nitrogens with one attached hydrogen (secondary N) is 1. The van der Waals surface area contributed by atoms with E-state index in [0.29, 0.717) is 11.4 Å². The van der Waals surface area contributed by atoms with E-state index in [9.17, 15) is 12.8 Å². The summed E-state index contributed by atoms with van der Waals surface area (Å²) in [4.78, 5) is 3.79. The molecule has 1 N–H and O–H groups in total. The minimum Gasteiger partial charge on any atom is -0.481 e. The highest BCUT2D eigenvalue weighted by Gasteiger charge is 2.18. The van der Waals surface area contributed by atoms with Crippen LogP contribution in [0.4, 0.5) is 10.1 Å². The number of halogens is 1. The number of nitrogens with zero attached hydrogens (tertiary/aromatic N) is 1. The summed E-state index contributed by atoms with van der Waals surface area (Å²) in [6.45, 7) is 1.60. The molecule has 0 fully saturated rings. The third-order valence-corrected chi connectivity index (χ3v) is 4.16. The number of anilines is 1. The third-order valence-electron chi connectivity index (χ3n) is 2.64. The Bertz CT molecular complexity index is 715. The molecule has 0 aliphatic heterocycles. The molecule has 0 saturated heterocycles. The number of aromatic nitrogens is 1. The molecule has 106 valence electrons. The first-order valence-electron chi connectivity index (χ1n) is 5.71. The van der Waals surface area contributed by atoms with E-state index in [1.54, 1.807) is 6.92 Å². The number of rotatable bonds is 4. The van der Waals surface area contributed by atoms with Gasteiger partial charge in [-0.05, 0) is 30.7 Å². The smallest absolute Gasteiger partial charge is 0.262 e. The van der Waals surface area contributed by atoms with Gasteiger partial charge in [-0.1, -0.05) is 6.07 Å². The predicted molar refractivity (Wildman–Crippen MR) is 72.7 cm³/mol. The van der Waals surface area contributed by atoms with Crippen molar-refractivity contribution in [2.75, 3.05) is 11.8 Å². The molecule has 5 nitrogen and oxygen atoms in total. The Labute approximate surface area is 116 Å². The average Bonchev–Trinajstić information content (AvgIpc) is 2.42. The second-order valence-electron chi connectivity index (χ2n) is 4.10. The zero-order chi connectivity index (χ0) is 14.8. The molecule has 0 atom stereocenters. The number of ether oxygens (including phenoxy) is 1. The predicted octanol–water partition coefficient (Wildman–Crippen LogP) is 2.34. The summed E-state index contributed by atoms with van der Waals surface area (Å²) >= 11 is 0. The van der Waals surface area contributed by atoms with E-state index in [-0.39, 0.29) is 10.6 Å². The fraction of sp³-hybridized carbons (Fsp3) is 0.154. The number of hydrogen-bond acceptors (Lipinski definition) is 4. The van der Waals surface area contributed by atoms with Gasteiger partial charge < -0.3 is 4.74 Å². The van der Waals surface area contributed by atoms with Crippen LogP contribution < -0.4 is 9.46 Å². The number of benzene rings is 1. The normalized spacial score (nSPS) is 11.2. The molecule has 1 heterocycles. The molecule has 2 aromatic rings. The third kappa shape index (κ3) is 3.05. The van der Waals surface area contributed by atoms with Crippen LogP contribution in [0.3, 0.4) is 0 Å². The highest BCUT2D eigenvalue weighted by atomic mass is 32.2. The van der Waals surface area contributed by atoms with Crippen LogP contribution in [0.1, 0.15) is 5.56 Å². The Morgan fingerprint density at radius 2 is 2.00 bits per heavy atom. The molecule has 0 saturated carbocycles. The standard InChI is InChI=1S/C13H13FN2O3S/c1-9-3-4-10(14)7-12(9)20(17,18)16-11-5-6-13(19-2)15-8-11/h3-8,16H,1-2H3. The maximum atomic E-state index is 13.2. The van der Waals surface area contributed by atoms with Crippen molar-refractivity contribution >= 4 is 15.7 Å². The van der Waals surface area contributed by atoms with E-state index < -0.39 is 15.8 Å². The second kappa shape index (κ2) is 5.46. The van der Waals surface area contributed by atoms with Crippen LogP contribution in [0.5, 0.6) is 5.88 Å². The van der Waals surface area contributed by atoms with Crippen molar-refractivity contribution < 1.29 is 17.5 Å². The van der Waals surface area contributed by atoms with Crippen molar-refractivity contribution in [2.24, 2.45) is 0 Å². The van der Waals surface area contributed by atoms with Gasteiger partial charge in [0.05, 0.1) is 23.9 Å². The minimum absolute atomic E-state index is 0.103. The lowest BCUT2D eigenvalue weighted by Crippen LogP contribution is -2.14. The van der Waals surface area contributed by atoms with Crippen LogP contribution in [0, 0.1) is 12.7 Å². The number of hydrogen-bond donors (Lipinski definition) is 1. The molecule has 7 heteroatoms. The maximum Gasteiger partial charge on any atom is 0.262 e. The van der Waals surface area contributed by atoms with Gasteiger partial charge in [0.25, 0.3) is 10.0 Å². The molecular weight excluding hydrogens is 283 g/mol. The van der Waals surface area contributed by atoms with Gasteiger partial charge in [0.15, 0.2) is 0 Å². The zero-order valence-corrected chi connectivity index (χ0v) is 11.7. The molecule has 0 amide bonds. The van der Waals surface area contributed by atoms with Gasteiger partial charge in [0, 0.05) is 6.07 Å². The summed E-state index contributed by atoms with van der Waals surface area (Å²) in [5, 5.41) is 0. The first-order chi connectivity index (χ1) is 9.42. The number of sulfonamides is 1. The summed E-state index contributed by atoms with van der Waals surface area (Å²) in [7, 11) is -2.40. The topological polar surface area (TPSA) is 68.3 Å². The van der Waals surface area contributed by atoms with Crippen LogP contribution in [0.2, 0.25) is 0 Å². The van der Waals surface area contributed by atoms with Crippen LogP contribution >= 0.6 is 0 Å². The summed E-state index contributed by atoms with van der Waals surface area (Å²) < 4.78 is 44.8. The van der Waals surface area contributed by atoms with Gasteiger partial charge >= 0.3 is 0 Å². The van der Waals surface area contributed by atoms with Gasteiger partial charge in [0.2, 0.25) is 5.88 Å². The van der Waals surface area contributed by atoms with Gasteiger partial charge in [-0.25, -0.2) is 17.8 Å². The molecule has 20 heavy (non-hydrogen) atoms. The summed E-state index contributed by atoms with van der Waals surface area (Å²) in [5.41, 5.74) is 0.731. The average molecular weight is 296 g/mol. The monoisotopic (exact) mass is 296 g/mol. The van der Waals surface area contributed by atoms with E-state index in [1.165, 1.54) is 37.6 Å². The summed E-state index contributed by atoms with van der Waals surface area (Å²) in [6, 6.07) is 6.64. The van der Waals surface area contributed by atoms with E-state index in [2.05, 4.69) is 9.71 Å². The molecule has 0 unspecified atom stereocenters. The summed E-state index contributed by atoms with van der Waals surface area (Å²) in [6.07, 6.45) is 1.32. The van der Waals surface area contributed by atoms with Gasteiger partial charge in [0.1, 0.15) is 5.82 Å². The van der Waals surface area contributed by atoms with Gasteiger partial charge in [-0.15, -0.1) is 0 Å². The molecular formula is C13H13FN2O3S. The Morgan fingerprint density at radius 1 is 1.25 bits per heavy atom. The summed E-state index contributed by atoms with van der Waals surface area (Å²) in [5.74, 6) is -0.237. The first kappa shape index (κ1) is 14.3. The largest absolute Gasteiger partial charge is 0.481 e. The van der Waals surface area contributed by atoms with E-state index in [1.807, 2.05) is 0 Å². The van der Waals surface area contributed by atoms with Crippen LogP contribution in [-0.2, 0) is 10.0 Å². The number of pyridine rings is 1. The molecule has 0 spiro atoms. The van der Waals surface area contributed by atoms with Gasteiger partial charge in [-0.3, -0.25) is 4.72 Å². The lowest BCUT2D eigenvalue weighted by atomic mass is 10.2. The Hall–Kier alpha value is -2.15. The van der Waals surface area contributed by atoms with Crippen molar-refractivity contribution in [1.82, 2.24) is 4.98 Å². The van der Waals surface area contributed by atoms with Crippen molar-refractivity contribution in [1.29, 1.82) is 0 Å². The van der Waals surface area contributed by atoms with Crippen LogP contribution in [-0.4, -0.2) is 20.5 Å². The van der Waals surface area contributed by atoms with Crippen LogP contribution in [0.25, 0.3) is 0 Å². The lowest BCUT2D eigenvalue weighted by Gasteiger charge is -2.10. The fourth-order valence-corrected chi connectivity index (χ4v) is 2.94. The molecule has 0 radical (unpaired) electrons. The Balaban J connectivity index is 2.32. The molecule has 1 aromatic heterocycles. The van der Waals surface area contributed by atoms with Crippen molar-refractivity contribution in [2.45, 2.75) is 11.8 Å². The SMILES string of the molecule is COc1ccc(NS(=O)(=O)c2cc(F)ccc2C)cn1. The molecule has 0 aliphatic carbocycles. The van der Waals surface area contributed by atoms with Gasteiger partial charge in [-0.2, -0.15) is 0 Å². The lowest BCUT2D eigenvalue weighted by molar-refractivity contribution is 0.398. The maximum absolute atomic E-state index is 13.2. The van der Waals surface area contributed by atoms with Crippen molar-refractivity contribution in [3.8, 4) is 5.88 Å². The first-order valence-corrected chi connectivity index (χ1v) is 7.20. The fourth-order valence-electron chi connectivity index (χ4n) is 1.63. The molecule has 0 bridgehead atoms. The quantitative estimate of drug-likeness (QED) is 0.940. The zero-order valence-electron chi connectivity index (χ0n) is 10.9. The molecule has 0 aliphatic rings. The minimum atomic E-state index is -3.86. The van der Waals surface area contributed by atoms with Crippen molar-refractivity contribution in [3.63, 3.8) is 0 Å². The van der Waals surface area contributed by atoms with Crippen molar-refractivity contribution in [3.05, 3.63) is 47.9 Å². The number of aryl methyl sites for hydroxylation is 1. The van der Waals surface area contributed by atoms with E-state index in [0.717, 1.165) is 6.07 Å². The van der Waals surface area contributed by atoms with E-state index >= 15 is 0 Å². The molecule has 2 rings (SSSR count). The number of methoxy groups -OCH3 is 1.